The van der Waals surface area contributed by atoms with Crippen LogP contribution in [0.1, 0.15) is 59.4 Å². The third kappa shape index (κ3) is 5.48. The third-order valence-corrected chi connectivity index (χ3v) is 3.97. The van der Waals surface area contributed by atoms with E-state index in [1.54, 1.807) is 0 Å². The molecule has 1 N–H and O–H groups in total. The number of imidazole rings is 1. The highest BCUT2D eigenvalue weighted by atomic mass is 16.6. The number of ether oxygens (including phenoxy) is 1. The lowest BCUT2D eigenvalue weighted by Crippen LogP contribution is -2.32. The number of alkyl carbamates (subject to hydrolysis) is 1. The Morgan fingerprint density at radius 2 is 2.04 bits per heavy atom. The molecular weight excluding hydrogens is 314 g/mol. The van der Waals surface area contributed by atoms with Crippen molar-refractivity contribution in [3.05, 3.63) is 29.6 Å². The summed E-state index contributed by atoms with van der Waals surface area (Å²) in [7, 11) is 0. The van der Waals surface area contributed by atoms with Crippen LogP contribution in [0.15, 0.2) is 18.2 Å². The molecular formula is C20H31N3O2. The van der Waals surface area contributed by atoms with Crippen LogP contribution in [-0.4, -0.2) is 21.2 Å². The minimum atomic E-state index is -0.487. The van der Waals surface area contributed by atoms with Crippen molar-refractivity contribution >= 4 is 17.1 Å². The number of carbonyl (C=O) groups is 1. The van der Waals surface area contributed by atoms with E-state index in [2.05, 4.69) is 42.8 Å². The van der Waals surface area contributed by atoms with Crippen molar-refractivity contribution in [1.29, 1.82) is 0 Å². The molecule has 0 aliphatic rings. The number of aryl methyl sites for hydroxylation is 2. The highest BCUT2D eigenvalue weighted by Gasteiger charge is 2.16. The quantitative estimate of drug-likeness (QED) is 0.828. The Morgan fingerprint density at radius 1 is 1.32 bits per heavy atom. The van der Waals surface area contributed by atoms with Crippen LogP contribution in [0.4, 0.5) is 4.79 Å². The first-order chi connectivity index (χ1) is 11.7. The fourth-order valence-corrected chi connectivity index (χ4v) is 2.73. The number of nitrogens with zero attached hydrogens (tertiary/aromatic N) is 2. The molecule has 1 aromatic heterocycles. The van der Waals surface area contributed by atoms with Gasteiger partial charge >= 0.3 is 6.09 Å². The van der Waals surface area contributed by atoms with Gasteiger partial charge in [0, 0.05) is 19.5 Å². The van der Waals surface area contributed by atoms with Crippen molar-refractivity contribution in [3.8, 4) is 0 Å². The van der Waals surface area contributed by atoms with Gasteiger partial charge < -0.3 is 14.6 Å². The molecule has 5 heteroatoms. The topological polar surface area (TPSA) is 56.1 Å². The van der Waals surface area contributed by atoms with Gasteiger partial charge in [-0.15, -0.1) is 0 Å². The normalized spacial score (nSPS) is 12.0. The average molecular weight is 345 g/mol. The van der Waals surface area contributed by atoms with Gasteiger partial charge in [0.05, 0.1) is 11.0 Å². The largest absolute Gasteiger partial charge is 0.444 e. The van der Waals surface area contributed by atoms with E-state index in [-0.39, 0.29) is 0 Å². The van der Waals surface area contributed by atoms with Crippen molar-refractivity contribution in [2.45, 2.75) is 73.1 Å². The van der Waals surface area contributed by atoms with Crippen LogP contribution in [0.25, 0.3) is 11.0 Å². The lowest BCUT2D eigenvalue weighted by Gasteiger charge is -2.19. The molecule has 5 nitrogen and oxygen atoms in total. The average Bonchev–Trinajstić information content (AvgIpc) is 2.86. The maximum Gasteiger partial charge on any atom is 0.407 e. The van der Waals surface area contributed by atoms with Gasteiger partial charge in [0.15, 0.2) is 0 Å². The van der Waals surface area contributed by atoms with Crippen LogP contribution in [0.2, 0.25) is 0 Å². The molecule has 138 valence electrons. The first kappa shape index (κ1) is 19.3. The first-order valence-corrected chi connectivity index (χ1v) is 9.14. The molecule has 2 aromatic rings. The maximum atomic E-state index is 11.8. The second-order valence-electron chi connectivity index (χ2n) is 7.89. The molecule has 0 saturated heterocycles. The SMILES string of the molecule is CCc1nc2cc(CNC(=O)OC(C)(C)C)ccc2n1CCC(C)C. The molecule has 0 saturated carbocycles. The zero-order valence-corrected chi connectivity index (χ0v) is 16.3. The number of carbonyl (C=O) groups excluding carboxylic acids is 1. The molecule has 1 amide bonds. The lowest BCUT2D eigenvalue weighted by molar-refractivity contribution is 0.0523. The Kier molecular flexibility index (Phi) is 6.09. The molecule has 1 aromatic carbocycles. The minimum absolute atomic E-state index is 0.399. The predicted molar refractivity (Wildman–Crippen MR) is 102 cm³/mol. The highest BCUT2D eigenvalue weighted by Crippen LogP contribution is 2.20. The monoisotopic (exact) mass is 345 g/mol. The molecule has 1 heterocycles. The molecule has 0 bridgehead atoms. The number of benzene rings is 1. The number of hydrogen-bond donors (Lipinski definition) is 1. The summed E-state index contributed by atoms with van der Waals surface area (Å²) in [6.07, 6.45) is 1.66. The van der Waals surface area contributed by atoms with Gasteiger partial charge in [-0.25, -0.2) is 9.78 Å². The Morgan fingerprint density at radius 3 is 2.64 bits per heavy atom. The molecule has 2 rings (SSSR count). The Hall–Kier alpha value is -2.04. The van der Waals surface area contributed by atoms with E-state index in [1.165, 1.54) is 5.52 Å². The van der Waals surface area contributed by atoms with Gasteiger partial charge in [0.25, 0.3) is 0 Å². The molecule has 0 aliphatic heterocycles. The second-order valence-corrected chi connectivity index (χ2v) is 7.89. The molecule has 0 atom stereocenters. The fraction of sp³-hybridized carbons (Fsp3) is 0.600. The lowest BCUT2D eigenvalue weighted by atomic mass is 10.1. The molecule has 0 spiro atoms. The van der Waals surface area contributed by atoms with E-state index in [0.717, 1.165) is 36.3 Å². The van der Waals surface area contributed by atoms with Crippen molar-refractivity contribution in [2.75, 3.05) is 0 Å². The third-order valence-electron chi connectivity index (χ3n) is 3.97. The fourth-order valence-electron chi connectivity index (χ4n) is 2.73. The van der Waals surface area contributed by atoms with Gasteiger partial charge in [-0.2, -0.15) is 0 Å². The Balaban J connectivity index is 2.13. The van der Waals surface area contributed by atoms with Crippen LogP contribution in [0.5, 0.6) is 0 Å². The number of hydrogen-bond acceptors (Lipinski definition) is 3. The van der Waals surface area contributed by atoms with E-state index in [0.29, 0.717) is 12.5 Å². The van der Waals surface area contributed by atoms with E-state index < -0.39 is 11.7 Å². The summed E-state index contributed by atoms with van der Waals surface area (Å²) in [5.41, 5.74) is 2.69. The zero-order valence-electron chi connectivity index (χ0n) is 16.3. The molecule has 0 aliphatic carbocycles. The molecule has 25 heavy (non-hydrogen) atoms. The van der Waals surface area contributed by atoms with Gasteiger partial charge in [-0.05, 0) is 50.8 Å². The van der Waals surface area contributed by atoms with Crippen molar-refractivity contribution in [1.82, 2.24) is 14.9 Å². The Bertz CT molecular complexity index is 726. The van der Waals surface area contributed by atoms with Crippen LogP contribution in [-0.2, 0) is 24.2 Å². The number of nitrogens with one attached hydrogen (secondary N) is 1. The summed E-state index contributed by atoms with van der Waals surface area (Å²) in [6.45, 7) is 13.6. The van der Waals surface area contributed by atoms with Crippen LogP contribution >= 0.6 is 0 Å². The standard InChI is InChI=1S/C20H31N3O2/c1-7-18-22-16-12-15(13-21-19(24)25-20(4,5)6)8-9-17(16)23(18)11-10-14(2)3/h8-9,12,14H,7,10-11,13H2,1-6H3,(H,21,24). The number of fused-ring (bicyclic) bond motifs is 1. The van der Waals surface area contributed by atoms with Crippen molar-refractivity contribution in [3.63, 3.8) is 0 Å². The van der Waals surface area contributed by atoms with E-state index in [1.807, 2.05) is 26.8 Å². The minimum Gasteiger partial charge on any atom is -0.444 e. The predicted octanol–water partition coefficient (Wildman–Crippen LogP) is 4.67. The van der Waals surface area contributed by atoms with Crippen LogP contribution < -0.4 is 5.32 Å². The van der Waals surface area contributed by atoms with Crippen molar-refractivity contribution < 1.29 is 9.53 Å². The van der Waals surface area contributed by atoms with E-state index >= 15 is 0 Å². The van der Waals surface area contributed by atoms with Gasteiger partial charge in [-0.1, -0.05) is 26.8 Å². The zero-order chi connectivity index (χ0) is 18.6. The van der Waals surface area contributed by atoms with Gasteiger partial charge in [0.2, 0.25) is 0 Å². The summed E-state index contributed by atoms with van der Waals surface area (Å²) in [5.74, 6) is 1.78. The van der Waals surface area contributed by atoms with Gasteiger partial charge in [0.1, 0.15) is 11.4 Å². The molecule has 0 unspecified atom stereocenters. The second kappa shape index (κ2) is 7.89. The van der Waals surface area contributed by atoms with Crippen LogP contribution in [0.3, 0.4) is 0 Å². The summed E-state index contributed by atoms with van der Waals surface area (Å²) in [4.78, 5) is 16.6. The number of rotatable bonds is 6. The number of aromatic nitrogens is 2. The molecule has 0 fully saturated rings. The first-order valence-electron chi connectivity index (χ1n) is 9.14. The number of amides is 1. The van der Waals surface area contributed by atoms with E-state index in [4.69, 9.17) is 9.72 Å². The van der Waals surface area contributed by atoms with Crippen molar-refractivity contribution in [2.24, 2.45) is 5.92 Å². The summed E-state index contributed by atoms with van der Waals surface area (Å²) in [5, 5.41) is 2.80. The Labute approximate surface area is 150 Å². The summed E-state index contributed by atoms with van der Waals surface area (Å²) >= 11 is 0. The van der Waals surface area contributed by atoms with Gasteiger partial charge in [-0.3, -0.25) is 0 Å². The highest BCUT2D eigenvalue weighted by molar-refractivity contribution is 5.77. The van der Waals surface area contributed by atoms with E-state index in [9.17, 15) is 4.79 Å². The smallest absolute Gasteiger partial charge is 0.407 e. The molecule has 0 radical (unpaired) electrons. The summed E-state index contributed by atoms with van der Waals surface area (Å²) < 4.78 is 7.59. The van der Waals surface area contributed by atoms with Crippen LogP contribution in [0, 0.1) is 5.92 Å². The maximum absolute atomic E-state index is 11.8. The summed E-state index contributed by atoms with van der Waals surface area (Å²) in [6, 6.07) is 6.21.